The third-order valence-electron chi connectivity index (χ3n) is 2.82. The molecule has 0 saturated carbocycles. The Kier molecular flexibility index (Phi) is 3.45. The number of terminal acetylenes is 1. The first kappa shape index (κ1) is 12.3. The average Bonchev–Trinajstić information content (AvgIpc) is 2.30. The van der Waals surface area contributed by atoms with Gasteiger partial charge in [-0.2, -0.15) is 0 Å². The number of aryl methyl sites for hydroxylation is 2. The quantitative estimate of drug-likeness (QED) is 0.628. The van der Waals surface area contributed by atoms with Crippen molar-refractivity contribution in [2.45, 2.75) is 20.4 Å². The fraction of sp³-hybridized carbons (Fsp3) is 0.286. The Bertz CT molecular complexity index is 680. The molecule has 0 saturated heterocycles. The summed E-state index contributed by atoms with van der Waals surface area (Å²) in [6.07, 6.45) is 5.18. The van der Waals surface area contributed by atoms with E-state index in [4.69, 9.17) is 6.42 Å². The van der Waals surface area contributed by atoms with Gasteiger partial charge >= 0.3 is 0 Å². The van der Waals surface area contributed by atoms with Crippen molar-refractivity contribution in [1.29, 1.82) is 0 Å². The molecule has 0 fully saturated rings. The molecule has 1 heterocycles. The summed E-state index contributed by atoms with van der Waals surface area (Å²) in [6, 6.07) is 3.81. The van der Waals surface area contributed by atoms with Crippen LogP contribution in [0.1, 0.15) is 17.0 Å². The van der Waals surface area contributed by atoms with Gasteiger partial charge in [-0.15, -0.1) is 6.42 Å². The Hall–Kier alpha value is -2.12. The maximum atomic E-state index is 11.8. The predicted molar refractivity (Wildman–Crippen MR) is 72.4 cm³/mol. The largest absolute Gasteiger partial charge is 0.310 e. The summed E-state index contributed by atoms with van der Waals surface area (Å²) >= 11 is 0. The molecule has 0 unspecified atom stereocenters. The lowest BCUT2D eigenvalue weighted by atomic mass is 10.1. The molecule has 2 rings (SSSR count). The number of H-pyrrole nitrogens is 1. The van der Waals surface area contributed by atoms with E-state index in [1.165, 1.54) is 0 Å². The molecule has 92 valence electrons. The number of fused-ring (bicyclic) bond motifs is 1. The molecule has 2 aromatic rings. The molecule has 0 bridgehead atoms. The number of nitrogens with one attached hydrogen (secondary N) is 2. The second-order valence-corrected chi connectivity index (χ2v) is 4.25. The van der Waals surface area contributed by atoms with Crippen LogP contribution in [0.25, 0.3) is 10.9 Å². The van der Waals surface area contributed by atoms with E-state index in [9.17, 15) is 4.79 Å². The lowest BCUT2D eigenvalue weighted by molar-refractivity contribution is 0.766. The van der Waals surface area contributed by atoms with Crippen molar-refractivity contribution in [2.75, 3.05) is 6.54 Å². The van der Waals surface area contributed by atoms with Gasteiger partial charge in [0.1, 0.15) is 5.82 Å². The summed E-state index contributed by atoms with van der Waals surface area (Å²) in [7, 11) is 0. The summed E-state index contributed by atoms with van der Waals surface area (Å²) < 4.78 is 0. The van der Waals surface area contributed by atoms with E-state index in [1.54, 1.807) is 6.92 Å². The Morgan fingerprint density at radius 2 is 2.22 bits per heavy atom. The van der Waals surface area contributed by atoms with Crippen molar-refractivity contribution >= 4 is 10.9 Å². The van der Waals surface area contributed by atoms with Gasteiger partial charge in [0, 0.05) is 6.54 Å². The maximum absolute atomic E-state index is 11.8. The summed E-state index contributed by atoms with van der Waals surface area (Å²) in [6.45, 7) is 4.95. The van der Waals surface area contributed by atoms with Crippen molar-refractivity contribution in [2.24, 2.45) is 0 Å². The number of rotatable bonds is 3. The highest BCUT2D eigenvalue weighted by Gasteiger charge is 2.06. The van der Waals surface area contributed by atoms with Gasteiger partial charge in [0.2, 0.25) is 0 Å². The molecule has 4 nitrogen and oxygen atoms in total. The molecule has 0 aliphatic heterocycles. The monoisotopic (exact) mass is 241 g/mol. The number of benzene rings is 1. The molecule has 0 aliphatic rings. The summed E-state index contributed by atoms with van der Waals surface area (Å²) in [5, 5.41) is 3.73. The van der Waals surface area contributed by atoms with E-state index in [-0.39, 0.29) is 5.56 Å². The Morgan fingerprint density at radius 1 is 1.44 bits per heavy atom. The van der Waals surface area contributed by atoms with Gasteiger partial charge in [-0.25, -0.2) is 4.98 Å². The van der Waals surface area contributed by atoms with E-state index in [2.05, 4.69) is 21.2 Å². The van der Waals surface area contributed by atoms with E-state index >= 15 is 0 Å². The topological polar surface area (TPSA) is 57.8 Å². The molecule has 0 atom stereocenters. The number of aromatic nitrogens is 2. The van der Waals surface area contributed by atoms with Crippen LogP contribution in [0.4, 0.5) is 0 Å². The minimum absolute atomic E-state index is 0.101. The van der Waals surface area contributed by atoms with Crippen LogP contribution in [0, 0.1) is 26.2 Å². The van der Waals surface area contributed by atoms with E-state index < -0.39 is 0 Å². The normalized spacial score (nSPS) is 10.5. The molecule has 0 radical (unpaired) electrons. The highest BCUT2D eigenvalue weighted by molar-refractivity contribution is 5.79. The van der Waals surface area contributed by atoms with Gasteiger partial charge in [0.25, 0.3) is 5.56 Å². The second kappa shape index (κ2) is 5.03. The van der Waals surface area contributed by atoms with Gasteiger partial charge in [-0.3, -0.25) is 4.79 Å². The summed E-state index contributed by atoms with van der Waals surface area (Å²) in [5.74, 6) is 3.15. The minimum Gasteiger partial charge on any atom is -0.310 e. The van der Waals surface area contributed by atoms with Crippen LogP contribution in [0.15, 0.2) is 16.9 Å². The molecule has 18 heavy (non-hydrogen) atoms. The molecule has 0 amide bonds. The van der Waals surface area contributed by atoms with Crippen LogP contribution in [-0.4, -0.2) is 16.5 Å². The summed E-state index contributed by atoms with van der Waals surface area (Å²) in [4.78, 5) is 18.9. The van der Waals surface area contributed by atoms with Crippen molar-refractivity contribution in [3.05, 3.63) is 39.4 Å². The zero-order chi connectivity index (χ0) is 13.1. The second-order valence-electron chi connectivity index (χ2n) is 4.25. The van der Waals surface area contributed by atoms with E-state index in [1.807, 2.05) is 19.1 Å². The lowest BCUT2D eigenvalue weighted by Crippen LogP contribution is -2.15. The number of hydrogen-bond donors (Lipinski definition) is 2. The van der Waals surface area contributed by atoms with Crippen LogP contribution in [0.2, 0.25) is 0 Å². The van der Waals surface area contributed by atoms with Crippen molar-refractivity contribution in [1.82, 2.24) is 15.3 Å². The molecule has 4 heteroatoms. The van der Waals surface area contributed by atoms with Gasteiger partial charge in [-0.1, -0.05) is 5.92 Å². The highest BCUT2D eigenvalue weighted by Crippen LogP contribution is 2.15. The van der Waals surface area contributed by atoms with Gasteiger partial charge in [0.15, 0.2) is 0 Å². The first-order valence-electron chi connectivity index (χ1n) is 5.76. The summed E-state index contributed by atoms with van der Waals surface area (Å²) in [5.41, 5.74) is 2.79. The van der Waals surface area contributed by atoms with E-state index in [0.717, 1.165) is 16.6 Å². The SMILES string of the molecule is C#CCNCc1cc2c(=O)[nH]c(C)nc2cc1C. The van der Waals surface area contributed by atoms with Crippen LogP contribution in [0.3, 0.4) is 0 Å². The van der Waals surface area contributed by atoms with Crippen molar-refractivity contribution in [3.8, 4) is 12.3 Å². The van der Waals surface area contributed by atoms with E-state index in [0.29, 0.717) is 24.3 Å². The molecule has 0 spiro atoms. The first-order valence-corrected chi connectivity index (χ1v) is 5.76. The molecule has 1 aromatic carbocycles. The number of nitrogens with zero attached hydrogens (tertiary/aromatic N) is 1. The Balaban J connectivity index is 2.48. The van der Waals surface area contributed by atoms with Crippen molar-refractivity contribution < 1.29 is 0 Å². The zero-order valence-electron chi connectivity index (χ0n) is 10.5. The van der Waals surface area contributed by atoms with Crippen LogP contribution in [0.5, 0.6) is 0 Å². The third-order valence-corrected chi connectivity index (χ3v) is 2.82. The fourth-order valence-electron chi connectivity index (χ4n) is 1.91. The van der Waals surface area contributed by atoms with Gasteiger partial charge in [-0.05, 0) is 37.1 Å². The van der Waals surface area contributed by atoms with Gasteiger partial charge < -0.3 is 10.3 Å². The standard InChI is InChI=1S/C14H15N3O/c1-4-5-15-8-11-7-12-13(6-9(11)2)16-10(3)17-14(12)18/h1,6-7,15H,5,8H2,2-3H3,(H,16,17,18). The zero-order valence-corrected chi connectivity index (χ0v) is 10.5. The van der Waals surface area contributed by atoms with Gasteiger partial charge in [0.05, 0.1) is 17.4 Å². The van der Waals surface area contributed by atoms with Crippen LogP contribution >= 0.6 is 0 Å². The minimum atomic E-state index is -0.101. The fourth-order valence-corrected chi connectivity index (χ4v) is 1.91. The molecule has 0 aliphatic carbocycles. The van der Waals surface area contributed by atoms with Crippen LogP contribution < -0.4 is 10.9 Å². The predicted octanol–water partition coefficient (Wildman–Crippen LogP) is 1.26. The average molecular weight is 241 g/mol. The number of hydrogen-bond acceptors (Lipinski definition) is 3. The molecule has 2 N–H and O–H groups in total. The van der Waals surface area contributed by atoms with Crippen LogP contribution in [-0.2, 0) is 6.54 Å². The lowest BCUT2D eigenvalue weighted by Gasteiger charge is -2.08. The highest BCUT2D eigenvalue weighted by atomic mass is 16.1. The molecule has 1 aromatic heterocycles. The first-order chi connectivity index (χ1) is 8.61. The maximum Gasteiger partial charge on any atom is 0.258 e. The number of aromatic amines is 1. The Labute approximate surface area is 105 Å². The Morgan fingerprint density at radius 3 is 2.94 bits per heavy atom. The third kappa shape index (κ3) is 2.41. The van der Waals surface area contributed by atoms with Crippen molar-refractivity contribution in [3.63, 3.8) is 0 Å². The smallest absolute Gasteiger partial charge is 0.258 e. The molecular formula is C14H15N3O. The molecular weight excluding hydrogens is 226 g/mol.